The Morgan fingerprint density at radius 1 is 0.837 bits per heavy atom. The van der Waals surface area contributed by atoms with E-state index in [4.69, 9.17) is 9.15 Å². The molecule has 0 aliphatic rings. The van der Waals surface area contributed by atoms with E-state index in [2.05, 4.69) is 102 Å². The molecule has 0 aliphatic heterocycles. The van der Waals surface area contributed by atoms with Crippen LogP contribution >= 0.6 is 0 Å². The molecular weight excluding hydrogens is 538 g/mol. The van der Waals surface area contributed by atoms with Crippen molar-refractivity contribution in [2.45, 2.75) is 48.1 Å². The molecule has 43 heavy (non-hydrogen) atoms. The van der Waals surface area contributed by atoms with E-state index in [-0.39, 0.29) is 12.4 Å². The molecule has 0 spiro atoms. The quantitative estimate of drug-likeness (QED) is 0.132. The van der Waals surface area contributed by atoms with Gasteiger partial charge in [0.05, 0.1) is 6.21 Å². The number of carbonyl (C=O) groups excluding carboxylic acids is 1. The van der Waals surface area contributed by atoms with Crippen molar-refractivity contribution in [3.8, 4) is 17.1 Å². The van der Waals surface area contributed by atoms with Crippen molar-refractivity contribution in [1.82, 2.24) is 14.6 Å². The third kappa shape index (κ3) is 6.43. The van der Waals surface area contributed by atoms with E-state index in [0.29, 0.717) is 5.76 Å². The van der Waals surface area contributed by atoms with E-state index in [1.54, 1.807) is 18.3 Å². The third-order valence-electron chi connectivity index (χ3n) is 7.71. The van der Waals surface area contributed by atoms with Gasteiger partial charge in [0, 0.05) is 58.5 Å². The molecular formula is C35H39N5O3. The van der Waals surface area contributed by atoms with Crippen LogP contribution in [0.15, 0.2) is 88.4 Å². The molecule has 0 saturated heterocycles. The minimum absolute atomic E-state index is 0.170. The highest BCUT2D eigenvalue weighted by Gasteiger charge is 2.13. The average Bonchev–Trinajstić information content (AvgIpc) is 3.70. The normalized spacial score (nSPS) is 11.3. The highest BCUT2D eigenvalue weighted by atomic mass is 16.5. The molecule has 0 aliphatic carbocycles. The highest BCUT2D eigenvalue weighted by molar-refractivity contribution is 5.92. The number of benzene rings is 2. The zero-order valence-electron chi connectivity index (χ0n) is 25.7. The molecule has 5 aromatic rings. The fourth-order valence-electron chi connectivity index (χ4n) is 5.43. The summed E-state index contributed by atoms with van der Waals surface area (Å²) in [7, 11) is 0. The molecule has 1 N–H and O–H groups in total. The van der Waals surface area contributed by atoms with Crippen molar-refractivity contribution in [2.75, 3.05) is 18.0 Å². The molecule has 0 fully saturated rings. The van der Waals surface area contributed by atoms with Crippen LogP contribution in [-0.4, -0.2) is 34.3 Å². The van der Waals surface area contributed by atoms with Crippen LogP contribution < -0.4 is 15.1 Å². The lowest BCUT2D eigenvalue weighted by molar-refractivity contribution is 0.0923. The number of ether oxygens (including phenoxy) is 1. The van der Waals surface area contributed by atoms with E-state index in [1.165, 1.54) is 17.1 Å². The van der Waals surface area contributed by atoms with Gasteiger partial charge in [0.25, 0.3) is 0 Å². The van der Waals surface area contributed by atoms with Gasteiger partial charge in [0.15, 0.2) is 5.76 Å². The molecule has 222 valence electrons. The number of hydrogen-bond donors (Lipinski definition) is 1. The molecule has 0 bridgehead atoms. The number of rotatable bonds is 11. The molecule has 0 saturated carbocycles. The van der Waals surface area contributed by atoms with Gasteiger partial charge in [-0.05, 0) is 120 Å². The summed E-state index contributed by atoms with van der Waals surface area (Å²) in [5.41, 5.74) is 11.3. The van der Waals surface area contributed by atoms with Crippen molar-refractivity contribution in [3.05, 3.63) is 119 Å². The summed E-state index contributed by atoms with van der Waals surface area (Å²) in [5.74, 6) is 1.01. The second-order valence-electron chi connectivity index (χ2n) is 10.5. The van der Waals surface area contributed by atoms with Gasteiger partial charge >= 0.3 is 5.91 Å². The van der Waals surface area contributed by atoms with Crippen molar-refractivity contribution in [3.63, 3.8) is 0 Å². The number of hydrazone groups is 1. The number of hydrogen-bond acceptors (Lipinski definition) is 5. The first-order valence-electron chi connectivity index (χ1n) is 14.6. The molecule has 3 heterocycles. The van der Waals surface area contributed by atoms with E-state index < -0.39 is 5.91 Å². The average molecular weight is 578 g/mol. The molecule has 2 aromatic carbocycles. The van der Waals surface area contributed by atoms with Crippen molar-refractivity contribution < 1.29 is 13.9 Å². The Kier molecular flexibility index (Phi) is 8.85. The minimum Gasteiger partial charge on any atom is -0.486 e. The minimum atomic E-state index is -0.426. The number of aryl methyl sites for hydroxylation is 3. The highest BCUT2D eigenvalue weighted by Crippen LogP contribution is 2.23. The molecule has 0 unspecified atom stereocenters. The Labute approximate surface area is 253 Å². The Morgan fingerprint density at radius 3 is 2.12 bits per heavy atom. The van der Waals surface area contributed by atoms with Crippen LogP contribution in [0.3, 0.4) is 0 Å². The maximum atomic E-state index is 12.7. The predicted octanol–water partition coefficient (Wildman–Crippen LogP) is 7.28. The summed E-state index contributed by atoms with van der Waals surface area (Å²) in [6, 6.07) is 26.1. The number of nitrogens with zero attached hydrogens (tertiary/aromatic N) is 4. The Bertz CT molecular complexity index is 1700. The second kappa shape index (κ2) is 12.9. The van der Waals surface area contributed by atoms with Gasteiger partial charge in [-0.3, -0.25) is 4.79 Å². The lowest BCUT2D eigenvalue weighted by Gasteiger charge is -2.21. The topological polar surface area (TPSA) is 76.9 Å². The van der Waals surface area contributed by atoms with Crippen molar-refractivity contribution in [2.24, 2.45) is 5.10 Å². The molecule has 3 aromatic heterocycles. The van der Waals surface area contributed by atoms with E-state index in [1.807, 2.05) is 31.2 Å². The Hall–Kier alpha value is -4.98. The van der Waals surface area contributed by atoms with E-state index in [9.17, 15) is 4.79 Å². The number of nitrogens with one attached hydrogen (secondary N) is 1. The molecule has 8 nitrogen and oxygen atoms in total. The molecule has 1 amide bonds. The molecule has 0 radical (unpaired) electrons. The van der Waals surface area contributed by atoms with Gasteiger partial charge in [-0.2, -0.15) is 5.10 Å². The summed E-state index contributed by atoms with van der Waals surface area (Å²) < 4.78 is 16.0. The van der Waals surface area contributed by atoms with Crippen molar-refractivity contribution >= 4 is 17.8 Å². The third-order valence-corrected chi connectivity index (χ3v) is 7.71. The van der Waals surface area contributed by atoms with Gasteiger partial charge in [-0.15, -0.1) is 0 Å². The smallest absolute Gasteiger partial charge is 0.307 e. The number of anilines is 1. The Morgan fingerprint density at radius 2 is 1.47 bits per heavy atom. The van der Waals surface area contributed by atoms with Crippen LogP contribution in [0.5, 0.6) is 5.75 Å². The fraction of sp³-hybridized carbons (Fsp3) is 0.257. The molecule has 8 heteroatoms. The second-order valence-corrected chi connectivity index (χ2v) is 10.5. The van der Waals surface area contributed by atoms with E-state index >= 15 is 0 Å². The van der Waals surface area contributed by atoms with Crippen LogP contribution in [0.4, 0.5) is 5.69 Å². The summed E-state index contributed by atoms with van der Waals surface area (Å²) in [5, 5.41) is 4.19. The molecule has 5 rings (SSSR count). The first kappa shape index (κ1) is 29.5. The summed E-state index contributed by atoms with van der Waals surface area (Å²) in [6.45, 7) is 14.8. The van der Waals surface area contributed by atoms with Crippen LogP contribution in [0.2, 0.25) is 0 Å². The maximum absolute atomic E-state index is 12.7. The Balaban J connectivity index is 1.17. The van der Waals surface area contributed by atoms with Crippen molar-refractivity contribution in [1.29, 1.82) is 0 Å². The van der Waals surface area contributed by atoms with Crippen LogP contribution in [0.25, 0.3) is 11.4 Å². The molecule has 0 atom stereocenters. The van der Waals surface area contributed by atoms with Gasteiger partial charge in [-0.25, -0.2) is 5.43 Å². The standard InChI is InChI=1S/C35H39N5O3/c1-7-38(8-2)29-11-13-31(14-12-29)40-26(5)21-28(27(40)6)22-36-37-35(41)34-20-19-33(43-34)23-42-32-17-15-30(16-18-32)39-24(3)9-10-25(39)4/h9-22H,7-8,23H2,1-6H3,(H,37,41)/b36-22+. The lowest BCUT2D eigenvalue weighted by Crippen LogP contribution is -2.21. The first-order chi connectivity index (χ1) is 20.8. The fourth-order valence-corrected chi connectivity index (χ4v) is 5.43. The number of amides is 1. The largest absolute Gasteiger partial charge is 0.486 e. The zero-order chi connectivity index (χ0) is 30.5. The van der Waals surface area contributed by atoms with Gasteiger partial charge in [0.2, 0.25) is 0 Å². The number of carbonyl (C=O) groups is 1. The van der Waals surface area contributed by atoms with Gasteiger partial charge in [-0.1, -0.05) is 0 Å². The van der Waals surface area contributed by atoms with Gasteiger partial charge < -0.3 is 23.2 Å². The van der Waals surface area contributed by atoms with Crippen LogP contribution in [-0.2, 0) is 6.61 Å². The lowest BCUT2D eigenvalue weighted by atomic mass is 10.2. The van der Waals surface area contributed by atoms with E-state index in [0.717, 1.165) is 47.2 Å². The number of aromatic nitrogens is 2. The number of furan rings is 1. The first-order valence-corrected chi connectivity index (χ1v) is 14.6. The zero-order valence-corrected chi connectivity index (χ0v) is 25.7. The SMILES string of the molecule is CCN(CC)c1ccc(-n2c(C)cc(/C=N/NC(=O)c3ccc(COc4ccc(-n5c(C)ccc5C)cc4)o3)c2C)cc1. The predicted molar refractivity (Wildman–Crippen MR) is 172 cm³/mol. The van der Waals surface area contributed by atoms with Crippen LogP contribution in [0.1, 0.15) is 58.5 Å². The van der Waals surface area contributed by atoms with Gasteiger partial charge in [0.1, 0.15) is 18.1 Å². The summed E-state index contributed by atoms with van der Waals surface area (Å²) in [4.78, 5) is 15.0. The summed E-state index contributed by atoms with van der Waals surface area (Å²) >= 11 is 0. The summed E-state index contributed by atoms with van der Waals surface area (Å²) in [6.07, 6.45) is 1.66. The maximum Gasteiger partial charge on any atom is 0.307 e. The monoisotopic (exact) mass is 577 g/mol. The van der Waals surface area contributed by atoms with Crippen LogP contribution in [0, 0.1) is 27.7 Å².